The van der Waals surface area contributed by atoms with Gasteiger partial charge in [0.05, 0.1) is 19.8 Å². The van der Waals surface area contributed by atoms with Crippen LogP contribution in [0.3, 0.4) is 0 Å². The van der Waals surface area contributed by atoms with Crippen molar-refractivity contribution in [3.8, 4) is 5.75 Å². The Labute approximate surface area is 131 Å². The Morgan fingerprint density at radius 3 is 2.70 bits per heavy atom. The second-order valence-electron chi connectivity index (χ2n) is 5.15. The molecule has 0 bridgehead atoms. The van der Waals surface area contributed by atoms with Crippen molar-refractivity contribution < 1.29 is 9.47 Å². The first-order chi connectivity index (χ1) is 9.63. The highest BCUT2D eigenvalue weighted by Crippen LogP contribution is 2.23. The van der Waals surface area contributed by atoms with E-state index in [2.05, 4.69) is 41.2 Å². The van der Waals surface area contributed by atoms with Crippen molar-refractivity contribution in [3.05, 3.63) is 28.2 Å². The van der Waals surface area contributed by atoms with Gasteiger partial charge in [0.1, 0.15) is 5.75 Å². The van der Waals surface area contributed by atoms with E-state index in [4.69, 9.17) is 9.47 Å². The Morgan fingerprint density at radius 1 is 1.25 bits per heavy atom. The second kappa shape index (κ2) is 10.2. The molecule has 0 aliphatic heterocycles. The lowest BCUT2D eigenvalue weighted by Gasteiger charge is -2.10. The lowest BCUT2D eigenvalue weighted by molar-refractivity contribution is 0.138. The Hall–Kier alpha value is -0.580. The molecule has 1 aromatic rings. The third kappa shape index (κ3) is 7.27. The van der Waals surface area contributed by atoms with Gasteiger partial charge < -0.3 is 14.8 Å². The van der Waals surface area contributed by atoms with Crippen LogP contribution in [0, 0.1) is 5.92 Å². The molecule has 3 nitrogen and oxygen atoms in total. The van der Waals surface area contributed by atoms with E-state index in [-0.39, 0.29) is 0 Å². The molecular formula is C16H26BrNO2. The SMILES string of the molecule is CCOc1ccc(CCOCCNCC(C)C)c(Br)c1. The lowest BCUT2D eigenvalue weighted by Crippen LogP contribution is -2.24. The van der Waals surface area contributed by atoms with Crippen LogP contribution in [0.5, 0.6) is 5.75 Å². The van der Waals surface area contributed by atoms with Crippen LogP contribution in [0.15, 0.2) is 22.7 Å². The van der Waals surface area contributed by atoms with E-state index >= 15 is 0 Å². The summed E-state index contributed by atoms with van der Waals surface area (Å²) >= 11 is 3.58. The van der Waals surface area contributed by atoms with E-state index in [1.807, 2.05) is 19.1 Å². The van der Waals surface area contributed by atoms with Crippen molar-refractivity contribution in [3.63, 3.8) is 0 Å². The van der Waals surface area contributed by atoms with Crippen LogP contribution in [0.1, 0.15) is 26.3 Å². The van der Waals surface area contributed by atoms with Crippen molar-refractivity contribution in [1.82, 2.24) is 5.32 Å². The first-order valence-corrected chi connectivity index (χ1v) is 8.12. The quantitative estimate of drug-likeness (QED) is 0.657. The summed E-state index contributed by atoms with van der Waals surface area (Å²) in [6.45, 7) is 10.6. The van der Waals surface area contributed by atoms with E-state index in [0.29, 0.717) is 12.5 Å². The van der Waals surface area contributed by atoms with Crippen LogP contribution in [0.4, 0.5) is 0 Å². The number of benzene rings is 1. The highest BCUT2D eigenvalue weighted by Gasteiger charge is 2.02. The molecule has 1 rings (SSSR count). The fourth-order valence-electron chi connectivity index (χ4n) is 1.81. The third-order valence-electron chi connectivity index (χ3n) is 2.83. The molecular weight excluding hydrogens is 318 g/mol. The van der Waals surface area contributed by atoms with Gasteiger partial charge in [-0.05, 0) is 43.5 Å². The zero-order valence-electron chi connectivity index (χ0n) is 12.7. The summed E-state index contributed by atoms with van der Waals surface area (Å²) in [5.74, 6) is 1.59. The van der Waals surface area contributed by atoms with Gasteiger partial charge in [0.15, 0.2) is 0 Å². The second-order valence-corrected chi connectivity index (χ2v) is 6.00. The Bertz CT molecular complexity index is 383. The molecule has 0 aliphatic carbocycles. The average molecular weight is 344 g/mol. The van der Waals surface area contributed by atoms with E-state index in [0.717, 1.165) is 42.9 Å². The summed E-state index contributed by atoms with van der Waals surface area (Å²) in [6.07, 6.45) is 0.914. The molecule has 0 saturated heterocycles. The van der Waals surface area contributed by atoms with E-state index in [1.54, 1.807) is 0 Å². The van der Waals surface area contributed by atoms with Crippen LogP contribution in [0.2, 0.25) is 0 Å². The molecule has 0 saturated carbocycles. The number of rotatable bonds is 10. The first-order valence-electron chi connectivity index (χ1n) is 7.33. The maximum Gasteiger partial charge on any atom is 0.120 e. The highest BCUT2D eigenvalue weighted by atomic mass is 79.9. The zero-order valence-corrected chi connectivity index (χ0v) is 14.3. The molecule has 1 N–H and O–H groups in total. The number of hydrogen-bond acceptors (Lipinski definition) is 3. The van der Waals surface area contributed by atoms with E-state index < -0.39 is 0 Å². The summed E-state index contributed by atoms with van der Waals surface area (Å²) < 4.78 is 12.2. The fraction of sp³-hybridized carbons (Fsp3) is 0.625. The lowest BCUT2D eigenvalue weighted by atomic mass is 10.1. The molecule has 0 spiro atoms. The van der Waals surface area contributed by atoms with Gasteiger partial charge in [-0.15, -0.1) is 0 Å². The molecule has 20 heavy (non-hydrogen) atoms. The number of halogens is 1. The molecule has 0 aromatic heterocycles. The molecule has 1 aromatic carbocycles. The first kappa shape index (κ1) is 17.5. The molecule has 0 radical (unpaired) electrons. The van der Waals surface area contributed by atoms with Crippen molar-refractivity contribution >= 4 is 15.9 Å². The van der Waals surface area contributed by atoms with Crippen molar-refractivity contribution in [2.24, 2.45) is 5.92 Å². The number of nitrogens with one attached hydrogen (secondary N) is 1. The van der Waals surface area contributed by atoms with E-state index in [1.165, 1.54) is 5.56 Å². The zero-order chi connectivity index (χ0) is 14.8. The molecule has 0 aliphatic rings. The Morgan fingerprint density at radius 2 is 2.05 bits per heavy atom. The molecule has 0 unspecified atom stereocenters. The number of hydrogen-bond donors (Lipinski definition) is 1. The van der Waals surface area contributed by atoms with Crippen molar-refractivity contribution in [1.29, 1.82) is 0 Å². The van der Waals surface area contributed by atoms with Gasteiger partial charge in [-0.3, -0.25) is 0 Å². The molecule has 114 valence electrons. The van der Waals surface area contributed by atoms with Crippen LogP contribution < -0.4 is 10.1 Å². The average Bonchev–Trinajstić information content (AvgIpc) is 2.40. The summed E-state index contributed by atoms with van der Waals surface area (Å²) in [7, 11) is 0. The third-order valence-corrected chi connectivity index (χ3v) is 3.57. The van der Waals surface area contributed by atoms with Gasteiger partial charge in [-0.25, -0.2) is 0 Å². The normalized spacial score (nSPS) is 11.1. The fourth-order valence-corrected chi connectivity index (χ4v) is 2.36. The predicted molar refractivity (Wildman–Crippen MR) is 87.5 cm³/mol. The smallest absolute Gasteiger partial charge is 0.120 e. The maximum atomic E-state index is 5.64. The van der Waals surface area contributed by atoms with Crippen LogP contribution in [-0.4, -0.2) is 32.9 Å². The van der Waals surface area contributed by atoms with Gasteiger partial charge in [-0.2, -0.15) is 0 Å². The maximum absolute atomic E-state index is 5.64. The summed E-state index contributed by atoms with van der Waals surface area (Å²) in [5, 5.41) is 3.37. The predicted octanol–water partition coefficient (Wildman–Crippen LogP) is 3.65. The summed E-state index contributed by atoms with van der Waals surface area (Å²) in [6, 6.07) is 6.12. The standard InChI is InChI=1S/C16H26BrNO2/c1-4-20-15-6-5-14(16(17)11-15)7-9-19-10-8-18-12-13(2)3/h5-6,11,13,18H,4,7-10,12H2,1-3H3. The summed E-state index contributed by atoms with van der Waals surface area (Å²) in [5.41, 5.74) is 1.25. The van der Waals surface area contributed by atoms with Crippen molar-refractivity contribution in [2.45, 2.75) is 27.2 Å². The van der Waals surface area contributed by atoms with Gasteiger partial charge in [0, 0.05) is 11.0 Å². The van der Waals surface area contributed by atoms with Gasteiger partial charge in [0.25, 0.3) is 0 Å². The molecule has 0 amide bonds. The minimum Gasteiger partial charge on any atom is -0.494 e. The van der Waals surface area contributed by atoms with E-state index in [9.17, 15) is 0 Å². The monoisotopic (exact) mass is 343 g/mol. The molecule has 0 heterocycles. The number of ether oxygens (including phenoxy) is 2. The largest absolute Gasteiger partial charge is 0.494 e. The highest BCUT2D eigenvalue weighted by molar-refractivity contribution is 9.10. The van der Waals surface area contributed by atoms with Gasteiger partial charge in [-0.1, -0.05) is 35.8 Å². The van der Waals surface area contributed by atoms with Crippen LogP contribution in [0.25, 0.3) is 0 Å². The topological polar surface area (TPSA) is 30.5 Å². The van der Waals surface area contributed by atoms with Crippen LogP contribution in [-0.2, 0) is 11.2 Å². The van der Waals surface area contributed by atoms with Gasteiger partial charge in [0.2, 0.25) is 0 Å². The molecule has 0 fully saturated rings. The van der Waals surface area contributed by atoms with Gasteiger partial charge >= 0.3 is 0 Å². The minimum absolute atomic E-state index is 0.690. The Balaban J connectivity index is 2.18. The summed E-state index contributed by atoms with van der Waals surface area (Å²) in [4.78, 5) is 0. The van der Waals surface area contributed by atoms with Crippen molar-refractivity contribution in [2.75, 3.05) is 32.9 Å². The molecule has 4 heteroatoms. The Kier molecular flexibility index (Phi) is 8.90. The van der Waals surface area contributed by atoms with Crippen LogP contribution >= 0.6 is 15.9 Å². The molecule has 0 atom stereocenters. The minimum atomic E-state index is 0.690.